The average molecular weight is 216 g/mol. The van der Waals surface area contributed by atoms with E-state index in [9.17, 15) is 4.39 Å². The van der Waals surface area contributed by atoms with Gasteiger partial charge in [0, 0.05) is 16.4 Å². The summed E-state index contributed by atoms with van der Waals surface area (Å²) in [4.78, 5) is 4.54. The van der Waals surface area contributed by atoms with Crippen LogP contribution in [0.4, 0.5) is 4.39 Å². The third-order valence-electron chi connectivity index (χ3n) is 1.84. The molecule has 1 aliphatic rings. The molecule has 1 saturated carbocycles. The quantitative estimate of drug-likeness (QED) is 0.657. The van der Waals surface area contributed by atoms with Gasteiger partial charge in [0.15, 0.2) is 0 Å². The van der Waals surface area contributed by atoms with Crippen LogP contribution in [-0.4, -0.2) is 9.81 Å². The van der Waals surface area contributed by atoms with Crippen LogP contribution < -0.4 is 0 Å². The molecular formula is C8H7BrFN. The lowest BCUT2D eigenvalue weighted by Crippen LogP contribution is -1.87. The van der Waals surface area contributed by atoms with Gasteiger partial charge in [-0.1, -0.05) is 15.9 Å². The van der Waals surface area contributed by atoms with Crippen molar-refractivity contribution in [2.45, 2.75) is 17.2 Å². The van der Waals surface area contributed by atoms with Gasteiger partial charge in [-0.3, -0.25) is 4.98 Å². The summed E-state index contributed by atoms with van der Waals surface area (Å²) < 4.78 is 12.4. The number of alkyl halides is 1. The molecule has 1 nitrogen and oxygen atoms in total. The molecule has 0 bridgehead atoms. The van der Waals surface area contributed by atoms with Crippen LogP contribution in [0.3, 0.4) is 0 Å². The van der Waals surface area contributed by atoms with Gasteiger partial charge in [-0.15, -0.1) is 0 Å². The van der Waals surface area contributed by atoms with Gasteiger partial charge >= 0.3 is 0 Å². The molecule has 1 heterocycles. The Morgan fingerprint density at radius 3 is 2.73 bits per heavy atom. The Morgan fingerprint density at radius 1 is 1.55 bits per heavy atom. The molecule has 0 amide bonds. The smallest absolute Gasteiger partial charge is 0.141 e. The normalized spacial score (nSPS) is 28.5. The predicted molar refractivity (Wildman–Crippen MR) is 44.3 cm³/mol. The second kappa shape index (κ2) is 2.55. The van der Waals surface area contributed by atoms with Crippen molar-refractivity contribution in [1.82, 2.24) is 4.98 Å². The molecule has 11 heavy (non-hydrogen) atoms. The van der Waals surface area contributed by atoms with Gasteiger partial charge in [0.1, 0.15) is 5.82 Å². The molecule has 1 aromatic rings. The summed E-state index contributed by atoms with van der Waals surface area (Å²) in [5, 5.41) is 0. The Kier molecular flexibility index (Phi) is 1.68. The summed E-state index contributed by atoms with van der Waals surface area (Å²) in [6.45, 7) is 0. The molecule has 1 aromatic heterocycles. The van der Waals surface area contributed by atoms with E-state index in [0.29, 0.717) is 10.7 Å². The lowest BCUT2D eigenvalue weighted by atomic mass is 10.2. The van der Waals surface area contributed by atoms with E-state index in [1.807, 2.05) is 0 Å². The molecule has 58 valence electrons. The Labute approximate surface area is 72.8 Å². The number of nitrogens with zero attached hydrogens (tertiary/aromatic N) is 1. The van der Waals surface area contributed by atoms with Gasteiger partial charge in [-0.05, 0) is 18.6 Å². The molecule has 0 aromatic carbocycles. The van der Waals surface area contributed by atoms with Crippen molar-refractivity contribution < 1.29 is 4.39 Å². The highest BCUT2D eigenvalue weighted by Crippen LogP contribution is 2.45. The molecule has 0 aliphatic heterocycles. The minimum absolute atomic E-state index is 0.263. The fraction of sp³-hybridized carbons (Fsp3) is 0.375. The minimum atomic E-state index is -0.263. The highest BCUT2D eigenvalue weighted by molar-refractivity contribution is 9.09. The van der Waals surface area contributed by atoms with E-state index in [1.165, 1.54) is 12.3 Å². The maximum Gasteiger partial charge on any atom is 0.141 e. The van der Waals surface area contributed by atoms with Crippen molar-refractivity contribution in [3.05, 3.63) is 29.8 Å². The fourth-order valence-electron chi connectivity index (χ4n) is 1.08. The predicted octanol–water partition coefficient (Wildman–Crippen LogP) is 2.47. The Bertz CT molecular complexity index is 259. The van der Waals surface area contributed by atoms with Crippen LogP contribution in [0.15, 0.2) is 18.3 Å². The third kappa shape index (κ3) is 1.43. The zero-order valence-corrected chi connectivity index (χ0v) is 7.38. The highest BCUT2D eigenvalue weighted by atomic mass is 79.9. The van der Waals surface area contributed by atoms with Crippen LogP contribution in [0.1, 0.15) is 18.0 Å². The number of hydrogen-bond donors (Lipinski definition) is 0. The Morgan fingerprint density at radius 2 is 2.27 bits per heavy atom. The summed E-state index contributed by atoms with van der Waals surface area (Å²) in [5.74, 6) is 0.246. The molecule has 1 fully saturated rings. The largest absolute Gasteiger partial charge is 0.258 e. The maximum absolute atomic E-state index is 12.4. The summed E-state index contributed by atoms with van der Waals surface area (Å²) in [7, 11) is 0. The number of hydrogen-bond acceptors (Lipinski definition) is 1. The lowest BCUT2D eigenvalue weighted by molar-refractivity contribution is 0.619. The maximum atomic E-state index is 12.4. The second-order valence-electron chi connectivity index (χ2n) is 2.76. The molecule has 2 rings (SSSR count). The van der Waals surface area contributed by atoms with Crippen LogP contribution in [0.2, 0.25) is 0 Å². The van der Waals surface area contributed by atoms with Crippen molar-refractivity contribution in [1.29, 1.82) is 0 Å². The molecule has 2 atom stereocenters. The van der Waals surface area contributed by atoms with Crippen molar-refractivity contribution in [3.63, 3.8) is 0 Å². The monoisotopic (exact) mass is 215 g/mol. The zero-order chi connectivity index (χ0) is 7.84. The van der Waals surface area contributed by atoms with E-state index in [0.717, 1.165) is 12.1 Å². The molecule has 0 N–H and O–H groups in total. The van der Waals surface area contributed by atoms with E-state index in [4.69, 9.17) is 0 Å². The van der Waals surface area contributed by atoms with Crippen LogP contribution in [-0.2, 0) is 0 Å². The van der Waals surface area contributed by atoms with Crippen molar-refractivity contribution >= 4 is 15.9 Å². The first kappa shape index (κ1) is 7.22. The van der Waals surface area contributed by atoms with Gasteiger partial charge in [-0.2, -0.15) is 0 Å². The van der Waals surface area contributed by atoms with Gasteiger partial charge < -0.3 is 0 Å². The number of aromatic nitrogens is 1. The van der Waals surface area contributed by atoms with Crippen LogP contribution in [0.5, 0.6) is 0 Å². The second-order valence-corrected chi connectivity index (χ2v) is 3.94. The molecule has 2 unspecified atom stereocenters. The first-order valence-corrected chi connectivity index (χ1v) is 4.44. The van der Waals surface area contributed by atoms with Crippen molar-refractivity contribution in [2.24, 2.45) is 0 Å². The van der Waals surface area contributed by atoms with E-state index in [-0.39, 0.29) is 5.82 Å². The van der Waals surface area contributed by atoms with Gasteiger partial charge in [0.2, 0.25) is 0 Å². The van der Waals surface area contributed by atoms with E-state index in [1.54, 1.807) is 6.07 Å². The third-order valence-corrected chi connectivity index (χ3v) is 2.85. The Balaban J connectivity index is 2.21. The molecular weight excluding hydrogens is 209 g/mol. The minimum Gasteiger partial charge on any atom is -0.258 e. The molecule has 0 spiro atoms. The van der Waals surface area contributed by atoms with Crippen LogP contribution in [0.25, 0.3) is 0 Å². The number of rotatable bonds is 1. The molecule has 1 aliphatic carbocycles. The first-order valence-electron chi connectivity index (χ1n) is 3.53. The molecule has 0 saturated heterocycles. The van der Waals surface area contributed by atoms with Gasteiger partial charge in [0.05, 0.1) is 6.20 Å². The number of halogens is 2. The van der Waals surface area contributed by atoms with E-state index >= 15 is 0 Å². The number of pyridine rings is 1. The summed E-state index contributed by atoms with van der Waals surface area (Å²) >= 11 is 3.47. The van der Waals surface area contributed by atoms with E-state index in [2.05, 4.69) is 20.9 Å². The van der Waals surface area contributed by atoms with Crippen molar-refractivity contribution in [3.8, 4) is 0 Å². The lowest BCUT2D eigenvalue weighted by Gasteiger charge is -1.94. The SMILES string of the molecule is Fc1ccc(C2CC2Br)nc1. The van der Waals surface area contributed by atoms with Gasteiger partial charge in [0.25, 0.3) is 0 Å². The van der Waals surface area contributed by atoms with Crippen LogP contribution >= 0.6 is 15.9 Å². The Hall–Kier alpha value is -0.440. The fourth-order valence-corrected chi connectivity index (χ4v) is 1.75. The zero-order valence-electron chi connectivity index (χ0n) is 5.80. The average Bonchev–Trinajstić information content (AvgIpc) is 2.69. The van der Waals surface area contributed by atoms with Crippen LogP contribution in [0, 0.1) is 5.82 Å². The summed E-state index contributed by atoms with van der Waals surface area (Å²) in [5.41, 5.74) is 0.994. The molecule has 3 heteroatoms. The topological polar surface area (TPSA) is 12.9 Å². The highest BCUT2D eigenvalue weighted by Gasteiger charge is 2.36. The van der Waals surface area contributed by atoms with Crippen molar-refractivity contribution in [2.75, 3.05) is 0 Å². The molecule has 0 radical (unpaired) electrons. The van der Waals surface area contributed by atoms with Gasteiger partial charge in [-0.25, -0.2) is 4.39 Å². The first-order chi connectivity index (χ1) is 5.27. The summed E-state index contributed by atoms with van der Waals surface area (Å²) in [6.07, 6.45) is 2.39. The summed E-state index contributed by atoms with van der Waals surface area (Å²) in [6, 6.07) is 3.21. The standard InChI is InChI=1S/C8H7BrFN/c9-7-3-6(7)8-2-1-5(10)4-11-8/h1-2,4,6-7H,3H2. The van der Waals surface area contributed by atoms with E-state index < -0.39 is 0 Å².